The summed E-state index contributed by atoms with van der Waals surface area (Å²) in [5.74, 6) is 2.79. The Labute approximate surface area is 241 Å². The lowest BCUT2D eigenvalue weighted by Crippen LogP contribution is -2.50. The van der Waals surface area contributed by atoms with Crippen LogP contribution in [0.25, 0.3) is 11.2 Å². The van der Waals surface area contributed by atoms with Gasteiger partial charge in [-0.3, -0.25) is 5.10 Å². The van der Waals surface area contributed by atoms with Gasteiger partial charge in [-0.2, -0.15) is 5.10 Å². The molecular formula is C26H38Cl2N10O. The van der Waals surface area contributed by atoms with E-state index in [-0.39, 0.29) is 42.4 Å². The third-order valence-electron chi connectivity index (χ3n) is 8.89. The molecule has 11 nitrogen and oxygen atoms in total. The molecule has 7 heterocycles. The van der Waals surface area contributed by atoms with Crippen molar-refractivity contribution >= 4 is 59.1 Å². The number of nitrogens with one attached hydrogen (secondary N) is 2. The molecule has 3 aromatic heterocycles. The number of ether oxygens (including phenoxy) is 1. The first-order valence-corrected chi connectivity index (χ1v) is 13.7. The van der Waals surface area contributed by atoms with Crippen LogP contribution < -0.4 is 25.8 Å². The van der Waals surface area contributed by atoms with E-state index >= 15 is 0 Å². The highest BCUT2D eigenvalue weighted by Gasteiger charge is 2.47. The molecule has 3 aromatic rings. The fourth-order valence-corrected chi connectivity index (χ4v) is 6.50. The summed E-state index contributed by atoms with van der Waals surface area (Å²) in [6.45, 7) is 9.56. The van der Waals surface area contributed by atoms with Crippen LogP contribution >= 0.6 is 24.8 Å². The number of aromatic amines is 1. The van der Waals surface area contributed by atoms with Gasteiger partial charge < -0.3 is 30.5 Å². The number of anilines is 4. The van der Waals surface area contributed by atoms with E-state index in [1.54, 1.807) is 0 Å². The average Bonchev–Trinajstić information content (AvgIpc) is 3.50. The lowest BCUT2D eigenvalue weighted by molar-refractivity contribution is 0.0974. The number of hydrogen-bond donors (Lipinski definition) is 3. The van der Waals surface area contributed by atoms with E-state index in [2.05, 4.69) is 49.3 Å². The van der Waals surface area contributed by atoms with Gasteiger partial charge in [-0.1, -0.05) is 0 Å². The maximum absolute atomic E-state index is 6.50. The molecule has 4 aliphatic rings. The Kier molecular flexibility index (Phi) is 8.08. The second-order valence-corrected chi connectivity index (χ2v) is 11.0. The van der Waals surface area contributed by atoms with Crippen molar-refractivity contribution in [2.45, 2.75) is 44.8 Å². The van der Waals surface area contributed by atoms with Gasteiger partial charge in [0.15, 0.2) is 17.0 Å². The molecule has 212 valence electrons. The van der Waals surface area contributed by atoms with Gasteiger partial charge in [0.25, 0.3) is 0 Å². The van der Waals surface area contributed by atoms with Gasteiger partial charge >= 0.3 is 0 Å². The minimum absolute atomic E-state index is 0. The molecule has 0 aliphatic carbocycles. The van der Waals surface area contributed by atoms with Crippen LogP contribution in [0, 0.1) is 5.41 Å². The van der Waals surface area contributed by atoms with Gasteiger partial charge in [0.1, 0.15) is 11.6 Å². The number of rotatable bonds is 3. The molecule has 1 spiro atoms. The Morgan fingerprint density at radius 3 is 2.51 bits per heavy atom. The van der Waals surface area contributed by atoms with Crippen molar-refractivity contribution in [1.29, 1.82) is 0 Å². The number of aromatic nitrogens is 5. The van der Waals surface area contributed by atoms with Crippen molar-refractivity contribution < 1.29 is 4.74 Å². The quantitative estimate of drug-likeness (QED) is 0.428. The summed E-state index contributed by atoms with van der Waals surface area (Å²) in [5.41, 5.74) is 10.4. The van der Waals surface area contributed by atoms with Crippen LogP contribution in [-0.4, -0.2) is 89.7 Å². The number of hydrogen-bond acceptors (Lipinski definition) is 10. The van der Waals surface area contributed by atoms with Crippen LogP contribution in [0.2, 0.25) is 0 Å². The second-order valence-electron chi connectivity index (χ2n) is 11.0. The van der Waals surface area contributed by atoms with E-state index in [1.807, 2.05) is 6.20 Å². The molecule has 0 bridgehead atoms. The monoisotopic (exact) mass is 576 g/mol. The fraction of sp³-hybridized carbons (Fsp3) is 0.615. The molecular weight excluding hydrogens is 539 g/mol. The number of aryl methyl sites for hydroxylation is 1. The third-order valence-corrected chi connectivity index (χ3v) is 8.89. The Balaban J connectivity index is 0.00000154. The number of nitrogens with zero attached hydrogens (tertiary/aromatic N) is 7. The van der Waals surface area contributed by atoms with E-state index in [0.29, 0.717) is 0 Å². The first kappa shape index (κ1) is 28.1. The molecule has 4 aliphatic heterocycles. The number of H-pyrrole nitrogens is 1. The van der Waals surface area contributed by atoms with E-state index in [4.69, 9.17) is 25.4 Å². The van der Waals surface area contributed by atoms with Crippen molar-refractivity contribution in [3.63, 3.8) is 0 Å². The zero-order chi connectivity index (χ0) is 25.0. The van der Waals surface area contributed by atoms with Crippen LogP contribution in [0.1, 0.15) is 31.9 Å². The average molecular weight is 578 g/mol. The van der Waals surface area contributed by atoms with E-state index in [0.717, 1.165) is 118 Å². The molecule has 2 atom stereocenters. The van der Waals surface area contributed by atoms with Gasteiger partial charge in [0, 0.05) is 57.3 Å². The molecule has 7 rings (SSSR count). The number of nitrogens with two attached hydrogens (primary N) is 1. The predicted molar refractivity (Wildman–Crippen MR) is 158 cm³/mol. The lowest BCUT2D eigenvalue weighted by atomic mass is 9.73. The first-order valence-electron chi connectivity index (χ1n) is 13.7. The van der Waals surface area contributed by atoms with Gasteiger partial charge in [-0.25, -0.2) is 15.0 Å². The summed E-state index contributed by atoms with van der Waals surface area (Å²) >= 11 is 0. The number of piperazine rings is 1. The predicted octanol–water partition coefficient (Wildman–Crippen LogP) is 2.42. The third kappa shape index (κ3) is 4.88. The van der Waals surface area contributed by atoms with E-state index in [1.165, 1.54) is 0 Å². The van der Waals surface area contributed by atoms with E-state index < -0.39 is 0 Å². The lowest BCUT2D eigenvalue weighted by Gasteiger charge is -2.41. The summed E-state index contributed by atoms with van der Waals surface area (Å²) in [6.07, 6.45) is 6.07. The van der Waals surface area contributed by atoms with Crippen LogP contribution in [0.4, 0.5) is 23.1 Å². The summed E-state index contributed by atoms with van der Waals surface area (Å²) in [5, 5.41) is 11.2. The Morgan fingerprint density at radius 2 is 1.77 bits per heavy atom. The molecule has 3 fully saturated rings. The summed E-state index contributed by atoms with van der Waals surface area (Å²) in [4.78, 5) is 21.7. The van der Waals surface area contributed by atoms with Crippen molar-refractivity contribution in [3.05, 3.63) is 24.0 Å². The van der Waals surface area contributed by atoms with Gasteiger partial charge in [-0.05, 0) is 44.7 Å². The Hall–Kier alpha value is -2.44. The molecule has 4 N–H and O–H groups in total. The molecule has 39 heavy (non-hydrogen) atoms. The van der Waals surface area contributed by atoms with Gasteiger partial charge in [0.05, 0.1) is 30.3 Å². The fourth-order valence-electron chi connectivity index (χ4n) is 6.50. The van der Waals surface area contributed by atoms with Crippen LogP contribution in [0.3, 0.4) is 0 Å². The zero-order valence-corrected chi connectivity index (χ0v) is 23.9. The first-order chi connectivity index (χ1) is 18.1. The normalized spacial score (nSPS) is 24.4. The molecule has 13 heteroatoms. The maximum Gasteiger partial charge on any atom is 0.183 e. The van der Waals surface area contributed by atoms with Gasteiger partial charge in [0.2, 0.25) is 0 Å². The number of piperidine rings is 1. The van der Waals surface area contributed by atoms with Gasteiger partial charge in [-0.15, -0.1) is 24.8 Å². The molecule has 0 amide bonds. The number of pyridine rings is 1. The van der Waals surface area contributed by atoms with Crippen LogP contribution in [-0.2, 0) is 11.2 Å². The molecule has 3 saturated heterocycles. The highest BCUT2D eigenvalue weighted by atomic mass is 35.5. The number of fused-ring (bicyclic) bond motifs is 2. The molecule has 0 aromatic carbocycles. The Bertz CT molecular complexity index is 1290. The smallest absolute Gasteiger partial charge is 0.183 e. The highest BCUT2D eigenvalue weighted by molar-refractivity contribution is 5.87. The minimum Gasteiger partial charge on any atom is -0.376 e. The molecule has 0 radical (unpaired) electrons. The highest BCUT2D eigenvalue weighted by Crippen LogP contribution is 2.42. The SMILES string of the molecule is C[C@@H]1OCC2(CCN(c3cnc4c(N5CCCc6nc(N7CCNCC7)ccc65)n[nH]c4n3)CC2)[C@@H]1N.Cl.Cl. The van der Waals surface area contributed by atoms with Crippen molar-refractivity contribution in [2.75, 3.05) is 67.1 Å². The van der Waals surface area contributed by atoms with Crippen LogP contribution in [0.15, 0.2) is 18.3 Å². The van der Waals surface area contributed by atoms with E-state index in [9.17, 15) is 0 Å². The second kappa shape index (κ2) is 11.2. The zero-order valence-electron chi connectivity index (χ0n) is 22.3. The van der Waals surface area contributed by atoms with Crippen molar-refractivity contribution in [1.82, 2.24) is 30.5 Å². The Morgan fingerprint density at radius 1 is 1.00 bits per heavy atom. The van der Waals surface area contributed by atoms with Crippen molar-refractivity contribution in [3.8, 4) is 0 Å². The summed E-state index contributed by atoms with van der Waals surface area (Å²) in [7, 11) is 0. The summed E-state index contributed by atoms with van der Waals surface area (Å²) < 4.78 is 5.88. The maximum atomic E-state index is 6.50. The number of halogens is 2. The summed E-state index contributed by atoms with van der Waals surface area (Å²) in [6, 6.07) is 4.45. The van der Waals surface area contributed by atoms with Crippen LogP contribution in [0.5, 0.6) is 0 Å². The minimum atomic E-state index is 0. The molecule has 0 unspecified atom stereocenters. The largest absolute Gasteiger partial charge is 0.376 e. The molecule has 0 saturated carbocycles. The topological polar surface area (TPSA) is 124 Å². The van der Waals surface area contributed by atoms with Crippen molar-refractivity contribution in [2.24, 2.45) is 11.1 Å². The standard InChI is InChI=1S/C26H36N10O.2ClH/c1-17-23(27)26(16-37-17)6-11-34(12-7-26)21-15-29-22-24(31-21)32-33-25(22)36-10-2-3-18-19(36)4-5-20(30-18)35-13-8-28-9-14-35;;/h4-5,15,17,23,28H,2-3,6-14,16,27H2,1H3,(H,31,32,33);2*1H/t17-,23+;;/m0../s1.